The lowest BCUT2D eigenvalue weighted by Crippen LogP contribution is -2.27. The van der Waals surface area contributed by atoms with Crippen LogP contribution in [0, 0.1) is 6.92 Å². The predicted molar refractivity (Wildman–Crippen MR) is 103 cm³/mol. The van der Waals surface area contributed by atoms with Crippen molar-refractivity contribution in [3.63, 3.8) is 0 Å². The lowest BCUT2D eigenvalue weighted by molar-refractivity contribution is -0.128. The Labute approximate surface area is 150 Å². The molecule has 0 atom stereocenters. The summed E-state index contributed by atoms with van der Waals surface area (Å²) in [6.07, 6.45) is 11.0. The van der Waals surface area contributed by atoms with E-state index in [1.807, 2.05) is 14.1 Å². The van der Waals surface area contributed by atoms with Crippen LogP contribution in [0.4, 0.5) is 0 Å². The predicted octanol–water partition coefficient (Wildman–Crippen LogP) is 4.64. The van der Waals surface area contributed by atoms with Gasteiger partial charge in [0.15, 0.2) is 0 Å². The minimum Gasteiger partial charge on any atom is -0.348 e. The summed E-state index contributed by atoms with van der Waals surface area (Å²) in [5.74, 6) is 0.126. The molecule has 1 aromatic carbocycles. The second-order valence-corrected chi connectivity index (χ2v) is 7.00. The van der Waals surface area contributed by atoms with Crippen LogP contribution in [0.3, 0.4) is 0 Å². The van der Waals surface area contributed by atoms with Crippen LogP contribution in [0.15, 0.2) is 65.7 Å². The first kappa shape index (κ1) is 17.3. The van der Waals surface area contributed by atoms with Crippen molar-refractivity contribution >= 4 is 11.5 Å². The molecule has 3 rings (SSSR count). The maximum atomic E-state index is 12.5. The van der Waals surface area contributed by atoms with Gasteiger partial charge < -0.3 is 9.80 Å². The number of benzene rings is 1. The Kier molecular flexibility index (Phi) is 4.93. The Hall–Kier alpha value is -2.55. The SMILES string of the molecule is CC1=CN2C(=CCCC(c3ccc(C)cc3)=C2CC(=O)N(C)C)C=C1. The molecule has 0 saturated carbocycles. The molecule has 0 radical (unpaired) electrons. The number of amides is 1. The minimum atomic E-state index is 0.126. The average Bonchev–Trinajstić information content (AvgIpc) is 2.75. The van der Waals surface area contributed by atoms with Crippen LogP contribution in [0.25, 0.3) is 5.57 Å². The van der Waals surface area contributed by atoms with E-state index in [0.29, 0.717) is 6.42 Å². The van der Waals surface area contributed by atoms with Gasteiger partial charge in [0.2, 0.25) is 5.91 Å². The first-order valence-corrected chi connectivity index (χ1v) is 8.81. The molecule has 1 aromatic rings. The molecule has 0 aromatic heterocycles. The molecule has 2 aliphatic rings. The van der Waals surface area contributed by atoms with Crippen LogP contribution in [0.5, 0.6) is 0 Å². The topological polar surface area (TPSA) is 23.6 Å². The number of allylic oxidation sites excluding steroid dienone is 5. The molecule has 0 fully saturated rings. The molecule has 3 nitrogen and oxygen atoms in total. The van der Waals surface area contributed by atoms with Crippen molar-refractivity contribution in [2.75, 3.05) is 14.1 Å². The van der Waals surface area contributed by atoms with Crippen molar-refractivity contribution in [1.82, 2.24) is 9.80 Å². The van der Waals surface area contributed by atoms with Gasteiger partial charge in [-0.2, -0.15) is 0 Å². The first-order chi connectivity index (χ1) is 12.0. The molecule has 0 aliphatic carbocycles. The summed E-state index contributed by atoms with van der Waals surface area (Å²) < 4.78 is 0. The van der Waals surface area contributed by atoms with E-state index in [1.165, 1.54) is 22.3 Å². The fourth-order valence-corrected chi connectivity index (χ4v) is 3.23. The zero-order valence-electron chi connectivity index (χ0n) is 15.5. The van der Waals surface area contributed by atoms with Gasteiger partial charge in [0.1, 0.15) is 0 Å². The van der Waals surface area contributed by atoms with E-state index >= 15 is 0 Å². The van der Waals surface area contributed by atoms with E-state index in [9.17, 15) is 4.79 Å². The van der Waals surface area contributed by atoms with E-state index in [1.54, 1.807) is 4.90 Å². The van der Waals surface area contributed by atoms with Gasteiger partial charge in [0.25, 0.3) is 0 Å². The molecule has 0 bridgehead atoms. The van der Waals surface area contributed by atoms with Crippen molar-refractivity contribution < 1.29 is 4.79 Å². The molecule has 130 valence electrons. The van der Waals surface area contributed by atoms with Gasteiger partial charge in [-0.05, 0) is 49.5 Å². The third-order valence-electron chi connectivity index (χ3n) is 4.73. The van der Waals surface area contributed by atoms with Crippen molar-refractivity contribution in [2.24, 2.45) is 0 Å². The fourth-order valence-electron chi connectivity index (χ4n) is 3.23. The van der Waals surface area contributed by atoms with Crippen molar-refractivity contribution in [3.05, 3.63) is 76.8 Å². The van der Waals surface area contributed by atoms with Crippen LogP contribution in [0.1, 0.15) is 37.3 Å². The Morgan fingerprint density at radius 1 is 1.12 bits per heavy atom. The van der Waals surface area contributed by atoms with Gasteiger partial charge in [-0.15, -0.1) is 0 Å². The molecule has 0 unspecified atom stereocenters. The third-order valence-corrected chi connectivity index (χ3v) is 4.73. The molecule has 0 saturated heterocycles. The highest BCUT2D eigenvalue weighted by atomic mass is 16.2. The Morgan fingerprint density at radius 3 is 2.52 bits per heavy atom. The van der Waals surface area contributed by atoms with Gasteiger partial charge >= 0.3 is 0 Å². The number of hydrogen-bond donors (Lipinski definition) is 0. The Morgan fingerprint density at radius 2 is 1.84 bits per heavy atom. The lowest BCUT2D eigenvalue weighted by atomic mass is 9.96. The maximum Gasteiger partial charge on any atom is 0.228 e. The van der Waals surface area contributed by atoms with Gasteiger partial charge in [-0.25, -0.2) is 0 Å². The van der Waals surface area contributed by atoms with E-state index < -0.39 is 0 Å². The molecule has 2 heterocycles. The number of carbonyl (C=O) groups is 1. The van der Waals surface area contributed by atoms with E-state index in [0.717, 1.165) is 24.2 Å². The molecular weight excluding hydrogens is 308 g/mol. The first-order valence-electron chi connectivity index (χ1n) is 8.81. The number of hydrogen-bond acceptors (Lipinski definition) is 2. The second kappa shape index (κ2) is 7.14. The van der Waals surface area contributed by atoms with Gasteiger partial charge in [0, 0.05) is 31.7 Å². The van der Waals surface area contributed by atoms with Gasteiger partial charge in [0.05, 0.1) is 6.42 Å². The number of fused-ring (bicyclic) bond motifs is 1. The summed E-state index contributed by atoms with van der Waals surface area (Å²) in [4.78, 5) is 16.4. The second-order valence-electron chi connectivity index (χ2n) is 7.00. The summed E-state index contributed by atoms with van der Waals surface area (Å²) in [6, 6.07) is 8.63. The van der Waals surface area contributed by atoms with Crippen LogP contribution >= 0.6 is 0 Å². The fraction of sp³-hybridized carbons (Fsp3) is 0.318. The zero-order valence-corrected chi connectivity index (χ0v) is 15.5. The normalized spacial score (nSPS) is 16.9. The summed E-state index contributed by atoms with van der Waals surface area (Å²) >= 11 is 0. The largest absolute Gasteiger partial charge is 0.348 e. The van der Waals surface area contributed by atoms with Crippen molar-refractivity contribution in [3.8, 4) is 0 Å². The Bertz CT molecular complexity index is 792. The highest BCUT2D eigenvalue weighted by molar-refractivity contribution is 5.82. The monoisotopic (exact) mass is 334 g/mol. The molecule has 0 N–H and O–H groups in total. The van der Waals surface area contributed by atoms with E-state index in [-0.39, 0.29) is 5.91 Å². The van der Waals surface area contributed by atoms with E-state index in [2.05, 4.69) is 67.4 Å². The highest BCUT2D eigenvalue weighted by Gasteiger charge is 2.24. The molecule has 25 heavy (non-hydrogen) atoms. The lowest BCUT2D eigenvalue weighted by Gasteiger charge is -2.29. The van der Waals surface area contributed by atoms with Crippen LogP contribution in [-0.4, -0.2) is 29.8 Å². The Balaban J connectivity index is 2.12. The van der Waals surface area contributed by atoms with Crippen molar-refractivity contribution in [2.45, 2.75) is 33.1 Å². The number of aryl methyl sites for hydroxylation is 1. The van der Waals surface area contributed by atoms with Crippen LogP contribution in [-0.2, 0) is 4.79 Å². The minimum absolute atomic E-state index is 0.126. The van der Waals surface area contributed by atoms with Crippen molar-refractivity contribution in [1.29, 1.82) is 0 Å². The average molecular weight is 334 g/mol. The van der Waals surface area contributed by atoms with Gasteiger partial charge in [-0.3, -0.25) is 4.79 Å². The molecular formula is C22H26N2O. The number of rotatable bonds is 3. The zero-order chi connectivity index (χ0) is 18.0. The number of carbonyl (C=O) groups excluding carboxylic acids is 1. The molecule has 0 spiro atoms. The third kappa shape index (κ3) is 3.76. The van der Waals surface area contributed by atoms with Crippen LogP contribution < -0.4 is 0 Å². The maximum absolute atomic E-state index is 12.5. The number of nitrogens with zero attached hydrogens (tertiary/aromatic N) is 2. The highest BCUT2D eigenvalue weighted by Crippen LogP contribution is 2.36. The summed E-state index contributed by atoms with van der Waals surface area (Å²) in [6.45, 7) is 4.19. The van der Waals surface area contributed by atoms with Crippen LogP contribution in [0.2, 0.25) is 0 Å². The molecule has 3 heteroatoms. The molecule has 2 aliphatic heterocycles. The standard InChI is InChI=1S/C22H26N2O/c1-16-8-11-18(12-9-16)20-7-5-6-19-13-10-17(2)15-24(19)21(20)14-22(25)23(3)4/h6,8-13,15H,5,7,14H2,1-4H3. The smallest absolute Gasteiger partial charge is 0.228 e. The summed E-state index contributed by atoms with van der Waals surface area (Å²) in [5, 5.41) is 0. The van der Waals surface area contributed by atoms with E-state index in [4.69, 9.17) is 0 Å². The van der Waals surface area contributed by atoms with Gasteiger partial charge in [-0.1, -0.05) is 42.0 Å². The molecule has 1 amide bonds. The quantitative estimate of drug-likeness (QED) is 0.804. The summed E-state index contributed by atoms with van der Waals surface area (Å²) in [5.41, 5.74) is 7.17. The summed E-state index contributed by atoms with van der Waals surface area (Å²) in [7, 11) is 3.64.